The maximum atomic E-state index is 5.99. The molecule has 1 unspecified atom stereocenters. The van der Waals surface area contributed by atoms with E-state index < -0.39 is 0 Å². The molecule has 4 heteroatoms. The van der Waals surface area contributed by atoms with Crippen LogP contribution in [0.1, 0.15) is 33.0 Å². The first-order chi connectivity index (χ1) is 6.65. The van der Waals surface area contributed by atoms with Crippen molar-refractivity contribution in [3.05, 3.63) is 12.2 Å². The molecule has 1 aromatic rings. The van der Waals surface area contributed by atoms with Crippen LogP contribution in [-0.4, -0.2) is 20.8 Å². The molecule has 0 fully saturated rings. The zero-order chi connectivity index (χ0) is 10.6. The minimum Gasteiger partial charge on any atom is -0.327 e. The lowest BCUT2D eigenvalue weighted by Crippen LogP contribution is -2.30. The van der Waals surface area contributed by atoms with E-state index in [4.69, 9.17) is 5.73 Å². The Morgan fingerprint density at radius 3 is 2.79 bits per heavy atom. The molecule has 0 aliphatic rings. The highest BCUT2D eigenvalue weighted by Gasteiger charge is 2.12. The van der Waals surface area contributed by atoms with Crippen LogP contribution in [0.4, 0.5) is 0 Å². The van der Waals surface area contributed by atoms with Gasteiger partial charge in [-0.15, -0.1) is 10.2 Å². The third-order valence-corrected chi connectivity index (χ3v) is 2.43. The van der Waals surface area contributed by atoms with Crippen molar-refractivity contribution in [2.75, 3.05) is 0 Å². The van der Waals surface area contributed by atoms with Gasteiger partial charge in [0.05, 0.1) is 0 Å². The maximum Gasteiger partial charge on any atom is 0.134 e. The number of nitrogens with two attached hydrogens (primary N) is 1. The molecule has 2 N–H and O–H groups in total. The van der Waals surface area contributed by atoms with E-state index in [0.717, 1.165) is 25.2 Å². The van der Waals surface area contributed by atoms with Crippen molar-refractivity contribution >= 4 is 0 Å². The van der Waals surface area contributed by atoms with Gasteiger partial charge >= 0.3 is 0 Å². The van der Waals surface area contributed by atoms with Crippen LogP contribution in [0, 0.1) is 5.92 Å². The van der Waals surface area contributed by atoms with Gasteiger partial charge in [0.15, 0.2) is 0 Å². The Morgan fingerprint density at radius 2 is 2.21 bits per heavy atom. The van der Waals surface area contributed by atoms with E-state index in [0.29, 0.717) is 5.92 Å². The summed E-state index contributed by atoms with van der Waals surface area (Å²) in [4.78, 5) is 0. The minimum atomic E-state index is 0.176. The maximum absolute atomic E-state index is 5.99. The quantitative estimate of drug-likeness (QED) is 0.770. The van der Waals surface area contributed by atoms with E-state index in [1.807, 2.05) is 0 Å². The van der Waals surface area contributed by atoms with Crippen LogP contribution in [0.3, 0.4) is 0 Å². The lowest BCUT2D eigenvalue weighted by molar-refractivity contribution is 0.469. The molecule has 0 spiro atoms. The smallest absolute Gasteiger partial charge is 0.134 e. The highest BCUT2D eigenvalue weighted by molar-refractivity contribution is 4.90. The van der Waals surface area contributed by atoms with Gasteiger partial charge in [-0.2, -0.15) is 0 Å². The number of hydrogen-bond acceptors (Lipinski definition) is 3. The highest BCUT2D eigenvalue weighted by Crippen LogP contribution is 2.06. The lowest BCUT2D eigenvalue weighted by atomic mass is 10.0. The number of aromatic nitrogens is 3. The zero-order valence-electron chi connectivity index (χ0n) is 9.27. The van der Waals surface area contributed by atoms with Crippen LogP contribution >= 0.6 is 0 Å². The minimum absolute atomic E-state index is 0.176. The largest absolute Gasteiger partial charge is 0.327 e. The zero-order valence-corrected chi connectivity index (χ0v) is 9.27. The summed E-state index contributed by atoms with van der Waals surface area (Å²) in [6, 6.07) is 0.176. The predicted octanol–water partition coefficient (Wildman–Crippen LogP) is 1.21. The van der Waals surface area contributed by atoms with Gasteiger partial charge in [0, 0.05) is 19.0 Å². The van der Waals surface area contributed by atoms with Crippen LogP contribution < -0.4 is 5.73 Å². The Labute approximate surface area is 85.5 Å². The van der Waals surface area contributed by atoms with Gasteiger partial charge < -0.3 is 10.3 Å². The van der Waals surface area contributed by atoms with Gasteiger partial charge in [-0.25, -0.2) is 0 Å². The van der Waals surface area contributed by atoms with Gasteiger partial charge in [0.1, 0.15) is 12.2 Å². The molecule has 4 nitrogen and oxygen atoms in total. The van der Waals surface area contributed by atoms with Crippen LogP contribution in [0.15, 0.2) is 6.33 Å². The van der Waals surface area contributed by atoms with Gasteiger partial charge in [-0.3, -0.25) is 0 Å². The van der Waals surface area contributed by atoms with Gasteiger partial charge in [0.2, 0.25) is 0 Å². The fourth-order valence-corrected chi connectivity index (χ4v) is 1.31. The van der Waals surface area contributed by atoms with E-state index in [1.165, 1.54) is 0 Å². The number of rotatable bonds is 5. The van der Waals surface area contributed by atoms with Crippen molar-refractivity contribution in [1.82, 2.24) is 14.8 Å². The molecule has 14 heavy (non-hydrogen) atoms. The monoisotopic (exact) mass is 196 g/mol. The van der Waals surface area contributed by atoms with Gasteiger partial charge in [-0.1, -0.05) is 20.8 Å². The molecule has 80 valence electrons. The molecule has 0 amide bonds. The number of hydrogen-bond donors (Lipinski definition) is 1. The summed E-state index contributed by atoms with van der Waals surface area (Å²) >= 11 is 0. The first-order valence-corrected chi connectivity index (χ1v) is 5.27. The first-order valence-electron chi connectivity index (χ1n) is 5.27. The summed E-state index contributed by atoms with van der Waals surface area (Å²) in [6.07, 6.45) is 3.70. The second-order valence-electron chi connectivity index (χ2n) is 4.05. The molecule has 0 saturated heterocycles. The molecule has 0 aliphatic heterocycles. The normalized spacial score (nSPS) is 13.5. The SMILES string of the molecule is CCCn1cnnc1CC(N)C(C)C. The molecule has 1 rings (SSSR count). The average molecular weight is 196 g/mol. The van der Waals surface area contributed by atoms with Gasteiger partial charge in [0.25, 0.3) is 0 Å². The Hall–Kier alpha value is -0.900. The van der Waals surface area contributed by atoms with E-state index >= 15 is 0 Å². The fraction of sp³-hybridized carbons (Fsp3) is 0.800. The van der Waals surface area contributed by atoms with Crippen molar-refractivity contribution in [2.24, 2.45) is 11.7 Å². The topological polar surface area (TPSA) is 56.7 Å². The number of aryl methyl sites for hydroxylation is 1. The van der Waals surface area contributed by atoms with E-state index in [-0.39, 0.29) is 6.04 Å². The molecular weight excluding hydrogens is 176 g/mol. The van der Waals surface area contributed by atoms with Crippen LogP contribution in [0.25, 0.3) is 0 Å². The molecule has 1 atom stereocenters. The molecule has 0 aromatic carbocycles. The summed E-state index contributed by atoms with van der Waals surface area (Å²) in [5.41, 5.74) is 5.99. The lowest BCUT2D eigenvalue weighted by Gasteiger charge is -2.15. The van der Waals surface area contributed by atoms with Gasteiger partial charge in [-0.05, 0) is 12.3 Å². The Kier molecular flexibility index (Phi) is 4.07. The second-order valence-corrected chi connectivity index (χ2v) is 4.05. The van der Waals surface area contributed by atoms with Crippen molar-refractivity contribution in [3.8, 4) is 0 Å². The van der Waals surface area contributed by atoms with Crippen LogP contribution in [0.2, 0.25) is 0 Å². The third kappa shape index (κ3) is 2.80. The van der Waals surface area contributed by atoms with Crippen LogP contribution in [-0.2, 0) is 13.0 Å². The second kappa shape index (κ2) is 5.10. The molecule has 1 heterocycles. The van der Waals surface area contributed by atoms with Crippen LogP contribution in [0.5, 0.6) is 0 Å². The summed E-state index contributed by atoms with van der Waals surface area (Å²) in [5.74, 6) is 1.50. The average Bonchev–Trinajstić information content (AvgIpc) is 2.53. The predicted molar refractivity (Wildman–Crippen MR) is 56.8 cm³/mol. The standard InChI is InChI=1S/C10H20N4/c1-4-5-14-7-12-13-10(14)6-9(11)8(2)3/h7-9H,4-6,11H2,1-3H3. The third-order valence-electron chi connectivity index (χ3n) is 2.43. The summed E-state index contributed by atoms with van der Waals surface area (Å²) in [7, 11) is 0. The Bertz CT molecular complexity index is 267. The highest BCUT2D eigenvalue weighted by atomic mass is 15.3. The first kappa shape index (κ1) is 11.2. The molecular formula is C10H20N4. The van der Waals surface area contributed by atoms with Crippen molar-refractivity contribution in [1.29, 1.82) is 0 Å². The van der Waals surface area contributed by atoms with Crippen molar-refractivity contribution in [3.63, 3.8) is 0 Å². The molecule has 0 radical (unpaired) electrons. The molecule has 0 bridgehead atoms. The summed E-state index contributed by atoms with van der Waals surface area (Å²) in [6.45, 7) is 7.38. The molecule has 0 saturated carbocycles. The summed E-state index contributed by atoms with van der Waals surface area (Å²) < 4.78 is 2.09. The molecule has 1 aromatic heterocycles. The van der Waals surface area contributed by atoms with E-state index in [2.05, 4.69) is 35.5 Å². The van der Waals surface area contributed by atoms with Crippen molar-refractivity contribution in [2.45, 2.75) is 46.2 Å². The fourth-order valence-electron chi connectivity index (χ4n) is 1.31. The van der Waals surface area contributed by atoms with Crippen molar-refractivity contribution < 1.29 is 0 Å². The van der Waals surface area contributed by atoms with E-state index in [1.54, 1.807) is 6.33 Å². The molecule has 0 aliphatic carbocycles. The Balaban J connectivity index is 2.61. The van der Waals surface area contributed by atoms with E-state index in [9.17, 15) is 0 Å². The number of nitrogens with zero attached hydrogens (tertiary/aromatic N) is 3. The Morgan fingerprint density at radius 1 is 1.50 bits per heavy atom. The summed E-state index contributed by atoms with van der Waals surface area (Å²) in [5, 5.41) is 8.00.